The van der Waals surface area contributed by atoms with Gasteiger partial charge in [-0.2, -0.15) is 4.98 Å². The Hall–Kier alpha value is -1.69. The van der Waals surface area contributed by atoms with Crippen molar-refractivity contribution in [1.29, 1.82) is 0 Å². The van der Waals surface area contributed by atoms with Crippen molar-refractivity contribution in [3.63, 3.8) is 0 Å². The minimum Gasteiger partial charge on any atom is -0.357 e. The first-order chi connectivity index (χ1) is 8.19. The summed E-state index contributed by atoms with van der Waals surface area (Å²) in [6, 6.07) is 6.34. The molecule has 1 aromatic heterocycles. The lowest BCUT2D eigenvalue weighted by molar-refractivity contribution is 0.631. The molecule has 0 bridgehead atoms. The topological polar surface area (TPSA) is 49.8 Å². The Morgan fingerprint density at radius 3 is 2.88 bits per heavy atom. The number of hydrogen-bond donors (Lipinski definition) is 2. The van der Waals surface area contributed by atoms with Crippen LogP contribution < -0.4 is 10.6 Å². The van der Waals surface area contributed by atoms with Crippen molar-refractivity contribution in [2.24, 2.45) is 0 Å². The van der Waals surface area contributed by atoms with Crippen molar-refractivity contribution in [3.8, 4) is 0 Å². The molecule has 0 aliphatic carbocycles. The molecule has 2 rings (SSSR count). The molecule has 0 amide bonds. The van der Waals surface area contributed by atoms with Crippen LogP contribution in [0.5, 0.6) is 0 Å². The van der Waals surface area contributed by atoms with Gasteiger partial charge >= 0.3 is 0 Å². The van der Waals surface area contributed by atoms with Gasteiger partial charge in [-0.25, -0.2) is 9.37 Å². The number of rotatable bonds is 3. The fourth-order valence-corrected chi connectivity index (χ4v) is 1.64. The van der Waals surface area contributed by atoms with E-state index in [0.29, 0.717) is 17.5 Å². The van der Waals surface area contributed by atoms with E-state index in [2.05, 4.69) is 36.5 Å². The molecule has 0 aliphatic rings. The zero-order chi connectivity index (χ0) is 12.3. The Kier molecular flexibility index (Phi) is 3.53. The number of halogens is 2. The number of aromatic nitrogens is 2. The summed E-state index contributed by atoms with van der Waals surface area (Å²) in [6.45, 7) is 0. The summed E-state index contributed by atoms with van der Waals surface area (Å²) in [4.78, 5) is 8.12. The van der Waals surface area contributed by atoms with Crippen LogP contribution in [-0.2, 0) is 0 Å². The van der Waals surface area contributed by atoms with Gasteiger partial charge in [0.15, 0.2) is 0 Å². The zero-order valence-corrected chi connectivity index (χ0v) is 10.6. The van der Waals surface area contributed by atoms with Gasteiger partial charge in [0, 0.05) is 17.7 Å². The molecule has 0 fully saturated rings. The lowest BCUT2D eigenvalue weighted by atomic mass is 10.3. The van der Waals surface area contributed by atoms with Gasteiger partial charge in [-0.1, -0.05) is 15.9 Å². The number of nitrogens with one attached hydrogen (secondary N) is 2. The van der Waals surface area contributed by atoms with E-state index in [0.717, 1.165) is 4.47 Å². The molecule has 0 saturated carbocycles. The highest BCUT2D eigenvalue weighted by atomic mass is 79.9. The molecule has 2 N–H and O–H groups in total. The summed E-state index contributed by atoms with van der Waals surface area (Å²) < 4.78 is 14.3. The van der Waals surface area contributed by atoms with Crippen LogP contribution in [0.1, 0.15) is 0 Å². The van der Waals surface area contributed by atoms with Crippen LogP contribution in [0, 0.1) is 5.82 Å². The lowest BCUT2D eigenvalue weighted by Gasteiger charge is -2.08. The van der Waals surface area contributed by atoms with Crippen LogP contribution in [-0.4, -0.2) is 17.0 Å². The van der Waals surface area contributed by atoms with Gasteiger partial charge in [0.05, 0.1) is 5.69 Å². The predicted molar refractivity (Wildman–Crippen MR) is 69.0 cm³/mol. The minimum absolute atomic E-state index is 0.335. The third-order valence-electron chi connectivity index (χ3n) is 2.07. The smallest absolute Gasteiger partial charge is 0.224 e. The quantitative estimate of drug-likeness (QED) is 0.913. The third-order valence-corrected chi connectivity index (χ3v) is 2.56. The highest BCUT2D eigenvalue weighted by molar-refractivity contribution is 9.10. The van der Waals surface area contributed by atoms with Crippen LogP contribution in [0.15, 0.2) is 34.9 Å². The maximum absolute atomic E-state index is 13.5. The van der Waals surface area contributed by atoms with Crippen molar-refractivity contribution >= 4 is 33.4 Å². The molecule has 2 aromatic rings. The van der Waals surface area contributed by atoms with Crippen molar-refractivity contribution in [3.05, 3.63) is 40.8 Å². The average Bonchev–Trinajstić information content (AvgIpc) is 2.34. The highest BCUT2D eigenvalue weighted by Gasteiger charge is 2.04. The van der Waals surface area contributed by atoms with Crippen molar-refractivity contribution in [2.75, 3.05) is 17.7 Å². The maximum Gasteiger partial charge on any atom is 0.224 e. The first kappa shape index (κ1) is 11.8. The van der Waals surface area contributed by atoms with Crippen LogP contribution >= 0.6 is 15.9 Å². The maximum atomic E-state index is 13.5. The summed E-state index contributed by atoms with van der Waals surface area (Å²) in [5.41, 5.74) is 0.361. The molecule has 1 aromatic carbocycles. The predicted octanol–water partition coefficient (Wildman–Crippen LogP) is 3.16. The van der Waals surface area contributed by atoms with Crippen molar-refractivity contribution in [1.82, 2.24) is 9.97 Å². The number of hydrogen-bond acceptors (Lipinski definition) is 4. The van der Waals surface area contributed by atoms with E-state index in [4.69, 9.17) is 0 Å². The molecule has 6 heteroatoms. The van der Waals surface area contributed by atoms with E-state index >= 15 is 0 Å². The molecule has 4 nitrogen and oxygen atoms in total. The second kappa shape index (κ2) is 5.09. The molecule has 1 heterocycles. The highest BCUT2D eigenvalue weighted by Crippen LogP contribution is 2.23. The molecular weight excluding hydrogens is 287 g/mol. The standard InChI is InChI=1S/C11H10BrFN4/c1-14-11-15-5-4-10(17-11)16-9-6-7(12)2-3-8(9)13/h2-6H,1H3,(H2,14,15,16,17). The largest absolute Gasteiger partial charge is 0.357 e. The average molecular weight is 297 g/mol. The first-order valence-corrected chi connectivity index (χ1v) is 5.71. The van der Waals surface area contributed by atoms with Gasteiger partial charge in [0.25, 0.3) is 0 Å². The van der Waals surface area contributed by atoms with E-state index in [1.807, 2.05) is 0 Å². The fraction of sp³-hybridized carbons (Fsp3) is 0.0909. The molecule has 0 aliphatic heterocycles. The summed E-state index contributed by atoms with van der Waals surface area (Å²) in [6.07, 6.45) is 1.59. The van der Waals surface area contributed by atoms with Gasteiger partial charge in [-0.05, 0) is 24.3 Å². The molecular formula is C11H10BrFN4. The summed E-state index contributed by atoms with van der Waals surface area (Å²) in [5.74, 6) is 0.671. The Morgan fingerprint density at radius 2 is 2.12 bits per heavy atom. The molecule has 88 valence electrons. The molecule has 0 saturated heterocycles. The monoisotopic (exact) mass is 296 g/mol. The number of nitrogens with zero attached hydrogens (tertiary/aromatic N) is 2. The van der Waals surface area contributed by atoms with Gasteiger partial charge < -0.3 is 10.6 Å². The third kappa shape index (κ3) is 2.91. The summed E-state index contributed by atoms with van der Waals surface area (Å²) in [5, 5.41) is 5.71. The summed E-state index contributed by atoms with van der Waals surface area (Å²) >= 11 is 3.29. The van der Waals surface area contributed by atoms with E-state index in [1.54, 1.807) is 31.4 Å². The lowest BCUT2D eigenvalue weighted by Crippen LogP contribution is -2.00. The molecule has 17 heavy (non-hydrogen) atoms. The van der Waals surface area contributed by atoms with Crippen molar-refractivity contribution in [2.45, 2.75) is 0 Å². The second-order valence-electron chi connectivity index (χ2n) is 3.26. The Labute approximate surface area is 106 Å². The zero-order valence-electron chi connectivity index (χ0n) is 9.04. The molecule has 0 atom stereocenters. The first-order valence-electron chi connectivity index (χ1n) is 4.92. The number of benzene rings is 1. The van der Waals surface area contributed by atoms with Crippen LogP contribution in [0.4, 0.5) is 21.8 Å². The molecule has 0 unspecified atom stereocenters. The minimum atomic E-state index is -0.335. The van der Waals surface area contributed by atoms with Gasteiger partial charge in [0.2, 0.25) is 5.95 Å². The van der Waals surface area contributed by atoms with Gasteiger partial charge in [0.1, 0.15) is 11.6 Å². The van der Waals surface area contributed by atoms with Gasteiger partial charge in [-0.15, -0.1) is 0 Å². The fourth-order valence-electron chi connectivity index (χ4n) is 1.28. The van der Waals surface area contributed by atoms with Crippen LogP contribution in [0.3, 0.4) is 0 Å². The van der Waals surface area contributed by atoms with E-state index in [-0.39, 0.29) is 5.82 Å². The Morgan fingerprint density at radius 1 is 1.29 bits per heavy atom. The Bertz CT molecular complexity index is 533. The molecule has 0 spiro atoms. The Balaban J connectivity index is 2.27. The van der Waals surface area contributed by atoms with E-state index in [9.17, 15) is 4.39 Å². The van der Waals surface area contributed by atoms with E-state index in [1.165, 1.54) is 6.07 Å². The van der Waals surface area contributed by atoms with Crippen molar-refractivity contribution < 1.29 is 4.39 Å². The number of anilines is 3. The van der Waals surface area contributed by atoms with Crippen LogP contribution in [0.2, 0.25) is 0 Å². The van der Waals surface area contributed by atoms with Gasteiger partial charge in [-0.3, -0.25) is 0 Å². The molecule has 0 radical (unpaired) electrons. The van der Waals surface area contributed by atoms with E-state index < -0.39 is 0 Å². The van der Waals surface area contributed by atoms with Crippen LogP contribution in [0.25, 0.3) is 0 Å². The second-order valence-corrected chi connectivity index (χ2v) is 4.18. The normalized spacial score (nSPS) is 10.1. The SMILES string of the molecule is CNc1nccc(Nc2cc(Br)ccc2F)n1. The summed E-state index contributed by atoms with van der Waals surface area (Å²) in [7, 11) is 1.72.